The molecular weight excluding hydrogens is 330 g/mol. The summed E-state index contributed by atoms with van der Waals surface area (Å²) >= 11 is 0. The summed E-state index contributed by atoms with van der Waals surface area (Å²) in [4.78, 5) is 17.5. The van der Waals surface area contributed by atoms with E-state index in [1.165, 1.54) is 0 Å². The Morgan fingerprint density at radius 1 is 1.08 bits per heavy atom. The lowest BCUT2D eigenvalue weighted by molar-refractivity contribution is 0.102. The van der Waals surface area contributed by atoms with Crippen molar-refractivity contribution in [1.29, 1.82) is 0 Å². The Morgan fingerprint density at radius 2 is 1.81 bits per heavy atom. The topological polar surface area (TPSA) is 64.9 Å². The second-order valence-corrected chi connectivity index (χ2v) is 5.67. The van der Waals surface area contributed by atoms with Gasteiger partial charge in [-0.1, -0.05) is 6.92 Å². The van der Waals surface area contributed by atoms with Crippen molar-refractivity contribution in [2.24, 2.45) is 0 Å². The minimum absolute atomic E-state index is 0.202. The molecule has 1 aromatic carbocycles. The highest BCUT2D eigenvalue weighted by molar-refractivity contribution is 6.04. The number of aromatic nitrogens is 2. The molecule has 0 aliphatic carbocycles. The van der Waals surface area contributed by atoms with E-state index in [0.29, 0.717) is 42.4 Å². The molecule has 3 aromatic rings. The Bertz CT molecular complexity index is 901. The third-order valence-electron chi connectivity index (χ3n) is 3.96. The van der Waals surface area contributed by atoms with Crippen LogP contribution in [0.15, 0.2) is 42.6 Å². The number of aryl methyl sites for hydroxylation is 1. The molecule has 2 aromatic heterocycles. The summed E-state index contributed by atoms with van der Waals surface area (Å²) in [7, 11) is 0. The molecule has 0 fully saturated rings. The SMILES string of the molecule is CCOc1ccc(NC(=O)c2c(CC)nc3c(OCC)cccn23)cc1. The summed E-state index contributed by atoms with van der Waals surface area (Å²) in [5, 5.41) is 2.94. The highest BCUT2D eigenvalue weighted by atomic mass is 16.5. The fourth-order valence-electron chi connectivity index (χ4n) is 2.84. The summed E-state index contributed by atoms with van der Waals surface area (Å²) in [5.41, 5.74) is 2.62. The molecule has 0 radical (unpaired) electrons. The Morgan fingerprint density at radius 3 is 2.46 bits per heavy atom. The van der Waals surface area contributed by atoms with E-state index >= 15 is 0 Å². The number of pyridine rings is 1. The predicted molar refractivity (Wildman–Crippen MR) is 101 cm³/mol. The van der Waals surface area contributed by atoms with E-state index in [1.807, 2.05) is 63.4 Å². The van der Waals surface area contributed by atoms with Crippen molar-refractivity contribution in [3.63, 3.8) is 0 Å². The van der Waals surface area contributed by atoms with Crippen LogP contribution in [0.3, 0.4) is 0 Å². The van der Waals surface area contributed by atoms with Crippen molar-refractivity contribution in [3.8, 4) is 11.5 Å². The standard InChI is InChI=1S/C20H23N3O3/c1-4-16-18(23-13-7-8-17(26-6-3)19(23)22-16)20(24)21-14-9-11-15(12-10-14)25-5-2/h7-13H,4-6H2,1-3H3,(H,21,24). The zero-order chi connectivity index (χ0) is 18.5. The van der Waals surface area contributed by atoms with Crippen LogP contribution in [0.5, 0.6) is 11.5 Å². The highest BCUT2D eigenvalue weighted by Gasteiger charge is 2.20. The molecule has 26 heavy (non-hydrogen) atoms. The van der Waals surface area contributed by atoms with Crippen LogP contribution in [0.1, 0.15) is 37.0 Å². The number of nitrogens with one attached hydrogen (secondary N) is 1. The molecule has 1 amide bonds. The molecule has 6 heteroatoms. The lowest BCUT2D eigenvalue weighted by Crippen LogP contribution is -2.16. The highest BCUT2D eigenvalue weighted by Crippen LogP contribution is 2.24. The van der Waals surface area contributed by atoms with Gasteiger partial charge in [0, 0.05) is 11.9 Å². The number of rotatable bonds is 7. The van der Waals surface area contributed by atoms with Gasteiger partial charge >= 0.3 is 0 Å². The van der Waals surface area contributed by atoms with Crippen LogP contribution < -0.4 is 14.8 Å². The molecule has 2 heterocycles. The van der Waals surface area contributed by atoms with Crippen molar-refractivity contribution >= 4 is 17.2 Å². The van der Waals surface area contributed by atoms with Gasteiger partial charge in [0.15, 0.2) is 11.4 Å². The van der Waals surface area contributed by atoms with Crippen molar-refractivity contribution < 1.29 is 14.3 Å². The smallest absolute Gasteiger partial charge is 0.274 e. The summed E-state index contributed by atoms with van der Waals surface area (Å²) in [6, 6.07) is 11.0. The van der Waals surface area contributed by atoms with E-state index in [2.05, 4.69) is 10.3 Å². The third-order valence-corrected chi connectivity index (χ3v) is 3.96. The zero-order valence-electron chi connectivity index (χ0n) is 15.3. The average molecular weight is 353 g/mol. The summed E-state index contributed by atoms with van der Waals surface area (Å²) in [6.45, 7) is 6.99. The number of hydrogen-bond acceptors (Lipinski definition) is 4. The number of benzene rings is 1. The Balaban J connectivity index is 1.93. The minimum atomic E-state index is -0.202. The van der Waals surface area contributed by atoms with Gasteiger partial charge < -0.3 is 14.8 Å². The van der Waals surface area contributed by atoms with E-state index in [9.17, 15) is 4.79 Å². The summed E-state index contributed by atoms with van der Waals surface area (Å²) < 4.78 is 12.9. The number of nitrogens with zero attached hydrogens (tertiary/aromatic N) is 2. The van der Waals surface area contributed by atoms with E-state index in [0.717, 1.165) is 11.4 Å². The minimum Gasteiger partial charge on any atom is -0.494 e. The lowest BCUT2D eigenvalue weighted by atomic mass is 10.2. The largest absolute Gasteiger partial charge is 0.494 e. The maximum Gasteiger partial charge on any atom is 0.274 e. The van der Waals surface area contributed by atoms with Crippen LogP contribution in [0.4, 0.5) is 5.69 Å². The molecule has 0 aliphatic rings. The van der Waals surface area contributed by atoms with E-state index < -0.39 is 0 Å². The number of hydrogen-bond donors (Lipinski definition) is 1. The first-order valence-electron chi connectivity index (χ1n) is 8.84. The number of imidazole rings is 1. The van der Waals surface area contributed by atoms with Gasteiger partial charge in [-0.25, -0.2) is 4.98 Å². The first-order valence-corrected chi connectivity index (χ1v) is 8.84. The summed E-state index contributed by atoms with van der Waals surface area (Å²) in [5.74, 6) is 1.24. The van der Waals surface area contributed by atoms with E-state index in [4.69, 9.17) is 9.47 Å². The second kappa shape index (κ2) is 7.91. The molecule has 6 nitrogen and oxygen atoms in total. The first-order chi connectivity index (χ1) is 12.7. The average Bonchev–Trinajstić information content (AvgIpc) is 3.03. The number of fused-ring (bicyclic) bond motifs is 1. The number of carbonyl (C=O) groups is 1. The molecule has 0 saturated carbocycles. The van der Waals surface area contributed by atoms with Crippen LogP contribution >= 0.6 is 0 Å². The molecule has 0 unspecified atom stereocenters. The molecule has 3 rings (SSSR count). The lowest BCUT2D eigenvalue weighted by Gasteiger charge is -2.09. The van der Waals surface area contributed by atoms with Crippen LogP contribution in [-0.4, -0.2) is 28.5 Å². The van der Waals surface area contributed by atoms with E-state index in [-0.39, 0.29) is 5.91 Å². The van der Waals surface area contributed by atoms with Gasteiger partial charge in [-0.3, -0.25) is 9.20 Å². The predicted octanol–water partition coefficient (Wildman–Crippen LogP) is 3.95. The van der Waals surface area contributed by atoms with Gasteiger partial charge in [0.2, 0.25) is 0 Å². The van der Waals surface area contributed by atoms with Crippen LogP contribution in [0.2, 0.25) is 0 Å². The van der Waals surface area contributed by atoms with Crippen molar-refractivity contribution in [2.75, 3.05) is 18.5 Å². The molecule has 0 spiro atoms. The Labute approximate surface area is 152 Å². The second-order valence-electron chi connectivity index (χ2n) is 5.67. The molecule has 0 saturated heterocycles. The maximum atomic E-state index is 12.9. The number of anilines is 1. The molecule has 1 N–H and O–H groups in total. The van der Waals surface area contributed by atoms with Crippen molar-refractivity contribution in [3.05, 3.63) is 54.0 Å². The maximum absolute atomic E-state index is 12.9. The Kier molecular flexibility index (Phi) is 5.41. The van der Waals surface area contributed by atoms with Gasteiger partial charge in [-0.05, 0) is 56.7 Å². The van der Waals surface area contributed by atoms with Gasteiger partial charge in [-0.15, -0.1) is 0 Å². The molecule has 136 valence electrons. The molecular formula is C20H23N3O3. The summed E-state index contributed by atoms with van der Waals surface area (Å²) in [6.07, 6.45) is 2.48. The van der Waals surface area contributed by atoms with Crippen molar-refractivity contribution in [2.45, 2.75) is 27.2 Å². The number of ether oxygens (including phenoxy) is 2. The molecule has 0 aliphatic heterocycles. The van der Waals surface area contributed by atoms with Crippen molar-refractivity contribution in [1.82, 2.24) is 9.38 Å². The zero-order valence-corrected chi connectivity index (χ0v) is 15.3. The van der Waals surface area contributed by atoms with Gasteiger partial charge in [0.25, 0.3) is 5.91 Å². The van der Waals surface area contributed by atoms with Crippen LogP contribution in [-0.2, 0) is 6.42 Å². The Hall–Kier alpha value is -3.02. The monoisotopic (exact) mass is 353 g/mol. The quantitative estimate of drug-likeness (QED) is 0.698. The third kappa shape index (κ3) is 3.49. The van der Waals surface area contributed by atoms with Gasteiger partial charge in [0.1, 0.15) is 11.4 Å². The molecule has 0 atom stereocenters. The normalized spacial score (nSPS) is 10.7. The first kappa shape index (κ1) is 17.8. The number of carbonyl (C=O) groups excluding carboxylic acids is 1. The van der Waals surface area contributed by atoms with E-state index in [1.54, 1.807) is 4.40 Å². The van der Waals surface area contributed by atoms with Crippen LogP contribution in [0, 0.1) is 0 Å². The van der Waals surface area contributed by atoms with Gasteiger partial charge in [-0.2, -0.15) is 0 Å². The van der Waals surface area contributed by atoms with Gasteiger partial charge in [0.05, 0.1) is 18.9 Å². The number of amides is 1. The fraction of sp³-hybridized carbons (Fsp3) is 0.300. The fourth-order valence-corrected chi connectivity index (χ4v) is 2.84. The van der Waals surface area contributed by atoms with Crippen LogP contribution in [0.25, 0.3) is 5.65 Å². The molecule has 0 bridgehead atoms.